The first-order valence-corrected chi connectivity index (χ1v) is 10.8. The first kappa shape index (κ1) is 18.2. The molecular formula is C21H27NO2S. The largest absolute Gasteiger partial charge is 0.216 e. The van der Waals surface area contributed by atoms with E-state index in [4.69, 9.17) is 0 Å². The summed E-state index contributed by atoms with van der Waals surface area (Å²) in [4.78, 5) is 0. The van der Waals surface area contributed by atoms with Crippen molar-refractivity contribution >= 4 is 10.0 Å². The summed E-state index contributed by atoms with van der Waals surface area (Å²) in [5.41, 5.74) is 5.80. The van der Waals surface area contributed by atoms with Crippen LogP contribution >= 0.6 is 0 Å². The topological polar surface area (TPSA) is 46.2 Å². The minimum absolute atomic E-state index is 0.0239. The van der Waals surface area contributed by atoms with Crippen molar-refractivity contribution in [2.45, 2.75) is 57.7 Å². The monoisotopic (exact) mass is 357 g/mol. The van der Waals surface area contributed by atoms with Gasteiger partial charge in [-0.3, -0.25) is 0 Å². The van der Waals surface area contributed by atoms with Crippen LogP contribution < -0.4 is 4.72 Å². The molecule has 0 saturated carbocycles. The molecular weight excluding hydrogens is 330 g/mol. The fourth-order valence-corrected chi connectivity index (χ4v) is 5.07. The predicted octanol–water partition coefficient (Wildman–Crippen LogP) is 4.44. The van der Waals surface area contributed by atoms with Gasteiger partial charge in [-0.05, 0) is 61.3 Å². The second-order valence-electron chi connectivity index (χ2n) is 7.06. The van der Waals surface area contributed by atoms with Crippen molar-refractivity contribution in [1.29, 1.82) is 0 Å². The molecule has 0 fully saturated rings. The maximum atomic E-state index is 12.6. The van der Waals surface area contributed by atoms with Crippen LogP contribution in [0.2, 0.25) is 0 Å². The smallest absolute Gasteiger partial charge is 0.212 e. The van der Waals surface area contributed by atoms with Gasteiger partial charge in [0, 0.05) is 6.04 Å². The molecule has 0 bridgehead atoms. The van der Waals surface area contributed by atoms with Gasteiger partial charge in [-0.25, -0.2) is 13.1 Å². The van der Waals surface area contributed by atoms with Gasteiger partial charge in [-0.1, -0.05) is 55.0 Å². The van der Waals surface area contributed by atoms with E-state index in [0.29, 0.717) is 0 Å². The van der Waals surface area contributed by atoms with Crippen LogP contribution in [0.25, 0.3) is 0 Å². The van der Waals surface area contributed by atoms with E-state index in [1.807, 2.05) is 38.1 Å². The highest BCUT2D eigenvalue weighted by atomic mass is 32.2. The lowest BCUT2D eigenvalue weighted by Gasteiger charge is -2.21. The molecule has 3 rings (SSSR count). The Morgan fingerprint density at radius 1 is 1.04 bits per heavy atom. The summed E-state index contributed by atoms with van der Waals surface area (Å²) >= 11 is 0. The molecule has 134 valence electrons. The Morgan fingerprint density at radius 3 is 2.52 bits per heavy atom. The van der Waals surface area contributed by atoms with Crippen LogP contribution in [0.15, 0.2) is 42.5 Å². The zero-order valence-corrected chi connectivity index (χ0v) is 15.9. The number of hydrogen-bond donors (Lipinski definition) is 1. The number of benzene rings is 2. The minimum atomic E-state index is -3.38. The third kappa shape index (κ3) is 4.71. The van der Waals surface area contributed by atoms with E-state index in [0.717, 1.165) is 36.0 Å². The van der Waals surface area contributed by atoms with Crippen molar-refractivity contribution in [3.05, 3.63) is 70.3 Å². The van der Waals surface area contributed by atoms with Gasteiger partial charge in [-0.15, -0.1) is 0 Å². The van der Waals surface area contributed by atoms with Gasteiger partial charge < -0.3 is 0 Å². The van der Waals surface area contributed by atoms with Crippen molar-refractivity contribution in [2.24, 2.45) is 0 Å². The molecule has 2 aromatic carbocycles. The number of aryl methyl sites for hydroxylation is 3. The Bertz CT molecular complexity index is 843. The molecule has 0 aliphatic heterocycles. The average Bonchev–Trinajstić information content (AvgIpc) is 2.59. The molecule has 0 spiro atoms. The highest BCUT2D eigenvalue weighted by Gasteiger charge is 2.20. The van der Waals surface area contributed by atoms with Gasteiger partial charge in [0.25, 0.3) is 0 Å². The number of fused-ring (bicyclic) bond motifs is 1. The van der Waals surface area contributed by atoms with Crippen LogP contribution in [0.3, 0.4) is 0 Å². The zero-order valence-electron chi connectivity index (χ0n) is 15.1. The van der Waals surface area contributed by atoms with Gasteiger partial charge in [0.05, 0.1) is 5.75 Å². The van der Waals surface area contributed by atoms with E-state index in [2.05, 4.69) is 22.9 Å². The second-order valence-corrected chi connectivity index (χ2v) is 8.82. The molecule has 4 heteroatoms. The summed E-state index contributed by atoms with van der Waals surface area (Å²) in [7, 11) is -3.38. The van der Waals surface area contributed by atoms with Gasteiger partial charge in [-0.2, -0.15) is 0 Å². The van der Waals surface area contributed by atoms with E-state index in [1.165, 1.54) is 24.0 Å². The van der Waals surface area contributed by atoms with Crippen LogP contribution in [-0.2, 0) is 28.6 Å². The van der Waals surface area contributed by atoms with Crippen molar-refractivity contribution in [3.63, 3.8) is 0 Å². The van der Waals surface area contributed by atoms with E-state index in [-0.39, 0.29) is 11.8 Å². The second kappa shape index (κ2) is 7.71. The summed E-state index contributed by atoms with van der Waals surface area (Å²) < 4.78 is 28.2. The number of nitrogens with one attached hydrogen (secondary N) is 1. The zero-order chi connectivity index (χ0) is 17.9. The summed E-state index contributed by atoms with van der Waals surface area (Å²) in [5.74, 6) is 0.0239. The Kier molecular flexibility index (Phi) is 5.60. The van der Waals surface area contributed by atoms with Crippen molar-refractivity contribution < 1.29 is 8.42 Å². The molecule has 0 amide bonds. The van der Waals surface area contributed by atoms with Crippen LogP contribution in [0.4, 0.5) is 0 Å². The lowest BCUT2D eigenvalue weighted by molar-refractivity contribution is 0.548. The Morgan fingerprint density at radius 2 is 1.80 bits per heavy atom. The molecule has 1 aliphatic carbocycles. The molecule has 0 saturated heterocycles. The minimum Gasteiger partial charge on any atom is -0.212 e. The van der Waals surface area contributed by atoms with Crippen LogP contribution in [-0.4, -0.2) is 8.42 Å². The first-order chi connectivity index (χ1) is 12.0. The van der Waals surface area contributed by atoms with Crippen molar-refractivity contribution in [3.8, 4) is 0 Å². The lowest BCUT2D eigenvalue weighted by atomic mass is 9.89. The third-order valence-electron chi connectivity index (χ3n) is 4.94. The summed E-state index contributed by atoms with van der Waals surface area (Å²) in [5, 5.41) is 0. The van der Waals surface area contributed by atoms with E-state index >= 15 is 0 Å². The molecule has 0 aromatic heterocycles. The van der Waals surface area contributed by atoms with Crippen molar-refractivity contribution in [1.82, 2.24) is 4.72 Å². The quantitative estimate of drug-likeness (QED) is 0.830. The lowest BCUT2D eigenvalue weighted by Crippen LogP contribution is -2.29. The van der Waals surface area contributed by atoms with E-state index in [1.54, 1.807) is 0 Å². The number of rotatable bonds is 6. The molecule has 2 aromatic rings. The molecule has 0 heterocycles. The normalized spacial score (nSPS) is 15.6. The highest BCUT2D eigenvalue weighted by molar-refractivity contribution is 7.88. The fraction of sp³-hybridized carbons (Fsp3) is 0.429. The summed E-state index contributed by atoms with van der Waals surface area (Å²) in [6.45, 7) is 4.00. The maximum absolute atomic E-state index is 12.6. The van der Waals surface area contributed by atoms with E-state index in [9.17, 15) is 8.42 Å². The average molecular weight is 358 g/mol. The molecule has 1 N–H and O–H groups in total. The first-order valence-electron chi connectivity index (χ1n) is 9.14. The molecule has 3 nitrogen and oxygen atoms in total. The maximum Gasteiger partial charge on any atom is 0.216 e. The third-order valence-corrected chi connectivity index (χ3v) is 6.30. The highest BCUT2D eigenvalue weighted by Crippen LogP contribution is 2.26. The Balaban J connectivity index is 1.77. The molecule has 0 unspecified atom stereocenters. The number of hydrogen-bond acceptors (Lipinski definition) is 2. The van der Waals surface area contributed by atoms with Crippen LogP contribution in [0.1, 0.15) is 60.0 Å². The van der Waals surface area contributed by atoms with Gasteiger partial charge in [0.15, 0.2) is 0 Å². The Hall–Kier alpha value is -1.65. The fourth-order valence-electron chi connectivity index (χ4n) is 3.64. The summed E-state index contributed by atoms with van der Waals surface area (Å²) in [6.07, 6.45) is 5.48. The predicted molar refractivity (Wildman–Crippen MR) is 103 cm³/mol. The SMILES string of the molecule is CC[C@H](NS(=O)(=O)Cc1cccc(C)c1)c1ccc2c(c1)CCCC2. The molecule has 0 radical (unpaired) electrons. The molecule has 1 aliphatic rings. The van der Waals surface area contributed by atoms with Crippen molar-refractivity contribution in [2.75, 3.05) is 0 Å². The van der Waals surface area contributed by atoms with Crippen LogP contribution in [0, 0.1) is 6.92 Å². The van der Waals surface area contributed by atoms with E-state index < -0.39 is 10.0 Å². The van der Waals surface area contributed by atoms with Crippen LogP contribution in [0.5, 0.6) is 0 Å². The van der Waals surface area contributed by atoms with Gasteiger partial charge in [0.1, 0.15) is 0 Å². The Labute approximate surface area is 151 Å². The van der Waals surface area contributed by atoms with Gasteiger partial charge in [0.2, 0.25) is 10.0 Å². The molecule has 1 atom stereocenters. The summed E-state index contributed by atoms with van der Waals surface area (Å²) in [6, 6.07) is 14.0. The molecule has 25 heavy (non-hydrogen) atoms. The van der Waals surface area contributed by atoms with Gasteiger partial charge >= 0.3 is 0 Å². The standard InChI is InChI=1S/C21H27NO2S/c1-3-21(20-12-11-18-9-4-5-10-19(18)14-20)22-25(23,24)15-17-8-6-7-16(2)13-17/h6-8,11-14,21-22H,3-5,9-10,15H2,1-2H3/t21-/m0/s1. The number of sulfonamides is 1.